The van der Waals surface area contributed by atoms with E-state index < -0.39 is 5.91 Å². The van der Waals surface area contributed by atoms with E-state index in [0.717, 1.165) is 5.69 Å². The number of rotatable bonds is 3. The molecular weight excluding hydrogens is 498 g/mol. The Morgan fingerprint density at radius 2 is 1.95 bits per heavy atom. The van der Waals surface area contributed by atoms with Crippen LogP contribution in [-0.4, -0.2) is 51.8 Å². The highest BCUT2D eigenvalue weighted by atomic mass is 16.1. The van der Waals surface area contributed by atoms with Crippen LogP contribution < -0.4 is 22.3 Å². The van der Waals surface area contributed by atoms with E-state index in [4.69, 9.17) is 11.5 Å². The summed E-state index contributed by atoms with van der Waals surface area (Å²) in [5, 5.41) is 18.5. The molecule has 0 spiro atoms. The van der Waals surface area contributed by atoms with Crippen molar-refractivity contribution in [2.24, 2.45) is 12.8 Å². The summed E-state index contributed by atoms with van der Waals surface area (Å²) in [6.45, 7) is 2.60. The summed E-state index contributed by atoms with van der Waals surface area (Å²) in [5.74, 6) is 6.71. The van der Waals surface area contributed by atoms with Gasteiger partial charge in [-0.3, -0.25) is 23.9 Å². The number of nitrogen functional groups attached to an aromatic ring is 1. The van der Waals surface area contributed by atoms with Gasteiger partial charge < -0.3 is 16.8 Å². The number of nitrogens with one attached hydrogen (secondary N) is 2. The maximum atomic E-state index is 13.2. The van der Waals surface area contributed by atoms with Gasteiger partial charge in [0.15, 0.2) is 11.5 Å². The molecule has 1 aliphatic rings. The van der Waals surface area contributed by atoms with Crippen LogP contribution in [0.4, 0.5) is 11.6 Å². The quantitative estimate of drug-likeness (QED) is 0.255. The Bertz CT molecular complexity index is 1830. The Kier molecular flexibility index (Phi) is 6.66. The number of hydrogen-bond acceptors (Lipinski definition) is 8. The highest BCUT2D eigenvalue weighted by Crippen LogP contribution is 2.23. The largest absolute Gasteiger partial charge is 0.381 e. The maximum Gasteiger partial charge on any atom is 0.270 e. The fraction of sp³-hybridized carbons (Fsp3) is 0.154. The summed E-state index contributed by atoms with van der Waals surface area (Å²) >= 11 is 0. The van der Waals surface area contributed by atoms with E-state index in [0.29, 0.717) is 47.0 Å². The first-order valence-corrected chi connectivity index (χ1v) is 12.0. The second kappa shape index (κ2) is 10.4. The second-order valence-electron chi connectivity index (χ2n) is 8.46. The predicted octanol–water partition coefficient (Wildman–Crippen LogP) is 1.26. The van der Waals surface area contributed by atoms with Gasteiger partial charge in [0.1, 0.15) is 34.0 Å². The third kappa shape index (κ3) is 4.86. The molecule has 1 aliphatic heterocycles. The van der Waals surface area contributed by atoms with Gasteiger partial charge in [0.25, 0.3) is 11.5 Å². The van der Waals surface area contributed by atoms with Crippen molar-refractivity contribution in [3.8, 4) is 17.5 Å². The molecule has 6 rings (SSSR count). The number of benzene rings is 1. The van der Waals surface area contributed by atoms with Crippen LogP contribution in [0.15, 0.2) is 53.5 Å². The summed E-state index contributed by atoms with van der Waals surface area (Å²) in [6.07, 6.45) is 6.02. The first-order chi connectivity index (χ1) is 18.9. The van der Waals surface area contributed by atoms with Crippen LogP contribution in [0.5, 0.6) is 0 Å². The number of carbonyl (C=O) groups excluding carboxylic acids is 1. The number of para-hydroxylation sites is 1. The highest BCUT2D eigenvalue weighted by molar-refractivity contribution is 6.02. The molecule has 0 unspecified atom stereocenters. The standard InChI is InChI=1S/C19H16N6O.C7H9N5O/c1-3-16-20-18-17(19(26)25(16)14-7-5-4-6-8-14)15(21-22-18)10-9-13-11-12-24(2)23-13;8-5-4(6(9)13)7-10-2-1-3-12(7)11-5/h4-8,11-12H,3H2,1-2H3,(H,21,22);1,3,10H,2H2,(H2,8,11)(H2,9,13). The predicted molar refractivity (Wildman–Crippen MR) is 147 cm³/mol. The molecule has 5 heterocycles. The van der Waals surface area contributed by atoms with Crippen molar-refractivity contribution in [3.05, 3.63) is 81.8 Å². The fourth-order valence-electron chi connectivity index (χ4n) is 4.08. The van der Waals surface area contributed by atoms with E-state index in [-0.39, 0.29) is 16.9 Å². The molecule has 0 radical (unpaired) electrons. The van der Waals surface area contributed by atoms with Crippen LogP contribution in [0, 0.1) is 11.8 Å². The molecule has 0 atom stereocenters. The number of aromatic nitrogens is 8. The topological polar surface area (TPSA) is 180 Å². The van der Waals surface area contributed by atoms with E-state index in [1.165, 1.54) is 4.68 Å². The van der Waals surface area contributed by atoms with E-state index in [2.05, 4.69) is 42.5 Å². The first-order valence-electron chi connectivity index (χ1n) is 12.0. The number of amides is 1. The molecule has 13 nitrogen and oxygen atoms in total. The van der Waals surface area contributed by atoms with E-state index in [1.807, 2.05) is 56.6 Å². The lowest BCUT2D eigenvalue weighted by atomic mass is 10.2. The molecule has 0 bridgehead atoms. The zero-order chi connectivity index (χ0) is 27.5. The third-order valence-electron chi connectivity index (χ3n) is 5.83. The van der Waals surface area contributed by atoms with Crippen molar-refractivity contribution in [2.45, 2.75) is 13.3 Å². The van der Waals surface area contributed by atoms with Crippen molar-refractivity contribution in [1.29, 1.82) is 0 Å². The van der Waals surface area contributed by atoms with Crippen molar-refractivity contribution >= 4 is 34.8 Å². The molecular formula is C26H25N11O2. The van der Waals surface area contributed by atoms with Gasteiger partial charge in [-0.05, 0) is 36.1 Å². The number of carbonyl (C=O) groups is 1. The SMILES string of the molecule is CCc1nc2n[nH]c(C#Cc3ccn(C)n3)c2c(=O)n1-c1ccccc1.NC(=O)c1c(N)nn2c1NCC=C2. The van der Waals surface area contributed by atoms with Gasteiger partial charge >= 0.3 is 0 Å². The summed E-state index contributed by atoms with van der Waals surface area (Å²) in [4.78, 5) is 28.7. The molecule has 0 aliphatic carbocycles. The lowest BCUT2D eigenvalue weighted by Crippen LogP contribution is -2.23. The third-order valence-corrected chi connectivity index (χ3v) is 5.83. The van der Waals surface area contributed by atoms with Gasteiger partial charge in [0.2, 0.25) is 0 Å². The number of nitrogens with zero attached hydrogens (tertiary/aromatic N) is 7. The average molecular weight is 524 g/mol. The summed E-state index contributed by atoms with van der Waals surface area (Å²) in [7, 11) is 1.82. The van der Waals surface area contributed by atoms with Crippen LogP contribution in [0.1, 0.15) is 34.5 Å². The number of H-pyrrole nitrogens is 1. The van der Waals surface area contributed by atoms with Crippen molar-refractivity contribution < 1.29 is 4.79 Å². The van der Waals surface area contributed by atoms with Gasteiger partial charge in [-0.25, -0.2) is 9.67 Å². The van der Waals surface area contributed by atoms with Crippen molar-refractivity contribution in [2.75, 3.05) is 17.6 Å². The molecule has 1 aromatic carbocycles. The van der Waals surface area contributed by atoms with Crippen molar-refractivity contribution in [1.82, 2.24) is 39.3 Å². The zero-order valence-corrected chi connectivity index (χ0v) is 21.2. The summed E-state index contributed by atoms with van der Waals surface area (Å²) < 4.78 is 4.79. The molecule has 13 heteroatoms. The van der Waals surface area contributed by atoms with Gasteiger partial charge in [-0.2, -0.15) is 10.2 Å². The van der Waals surface area contributed by atoms with Crippen LogP contribution in [0.25, 0.3) is 22.9 Å². The molecule has 0 saturated carbocycles. The lowest BCUT2D eigenvalue weighted by Gasteiger charge is -2.10. The number of anilines is 2. The van der Waals surface area contributed by atoms with Crippen LogP contribution >= 0.6 is 0 Å². The number of aryl methyl sites for hydroxylation is 2. The summed E-state index contributed by atoms with van der Waals surface area (Å²) in [5.41, 5.74) is 12.9. The van der Waals surface area contributed by atoms with E-state index in [9.17, 15) is 9.59 Å². The lowest BCUT2D eigenvalue weighted by molar-refractivity contribution is 0.100. The number of fused-ring (bicyclic) bond motifs is 2. The number of hydrogen-bond donors (Lipinski definition) is 4. The average Bonchev–Trinajstić information content (AvgIpc) is 3.63. The summed E-state index contributed by atoms with van der Waals surface area (Å²) in [6, 6.07) is 11.3. The fourth-order valence-corrected chi connectivity index (χ4v) is 4.08. The van der Waals surface area contributed by atoms with Crippen molar-refractivity contribution in [3.63, 3.8) is 0 Å². The molecule has 196 valence electrons. The van der Waals surface area contributed by atoms with Gasteiger partial charge in [0.05, 0.1) is 5.69 Å². The van der Waals surface area contributed by atoms with Crippen LogP contribution in [0.2, 0.25) is 0 Å². The highest BCUT2D eigenvalue weighted by Gasteiger charge is 2.20. The Labute approximate surface area is 222 Å². The number of primary amides is 1. The van der Waals surface area contributed by atoms with Gasteiger partial charge in [-0.15, -0.1) is 5.10 Å². The van der Waals surface area contributed by atoms with Crippen LogP contribution in [-0.2, 0) is 13.5 Å². The zero-order valence-electron chi connectivity index (χ0n) is 21.2. The Morgan fingerprint density at radius 1 is 1.15 bits per heavy atom. The van der Waals surface area contributed by atoms with E-state index >= 15 is 0 Å². The minimum atomic E-state index is -0.568. The van der Waals surface area contributed by atoms with Gasteiger partial charge in [-0.1, -0.05) is 25.1 Å². The maximum absolute atomic E-state index is 13.2. The molecule has 5 aromatic rings. The number of aromatic amines is 1. The van der Waals surface area contributed by atoms with E-state index in [1.54, 1.807) is 21.5 Å². The molecule has 4 aromatic heterocycles. The van der Waals surface area contributed by atoms with Gasteiger partial charge in [0, 0.05) is 32.4 Å². The molecule has 6 N–H and O–H groups in total. The number of nitrogens with two attached hydrogens (primary N) is 2. The molecule has 0 fully saturated rings. The minimum Gasteiger partial charge on any atom is -0.381 e. The smallest absolute Gasteiger partial charge is 0.270 e. The second-order valence-corrected chi connectivity index (χ2v) is 8.46. The minimum absolute atomic E-state index is 0.154. The molecule has 0 saturated heterocycles. The monoisotopic (exact) mass is 523 g/mol. The Morgan fingerprint density at radius 3 is 2.64 bits per heavy atom. The normalized spacial score (nSPS) is 11.6. The molecule has 39 heavy (non-hydrogen) atoms. The Hall–Kier alpha value is -5.64. The Balaban J connectivity index is 0.000000198. The molecule has 1 amide bonds. The van der Waals surface area contributed by atoms with Crippen LogP contribution in [0.3, 0.4) is 0 Å². The first kappa shape index (κ1) is 25.0.